The maximum atomic E-state index is 13.4. The van der Waals surface area contributed by atoms with E-state index in [0.717, 1.165) is 31.4 Å². The number of halogens is 2. The van der Waals surface area contributed by atoms with E-state index in [-0.39, 0.29) is 0 Å². The van der Waals surface area contributed by atoms with Gasteiger partial charge in [0, 0.05) is 0 Å². The molecule has 2 rings (SSSR count). The first-order chi connectivity index (χ1) is 8.53. The van der Waals surface area contributed by atoms with Crippen molar-refractivity contribution < 1.29 is 13.6 Å². The minimum Gasteiger partial charge on any atom is -0.320 e. The molecule has 0 heterocycles. The quantitative estimate of drug-likeness (QED) is 0.852. The minimum atomic E-state index is -1.01. The summed E-state index contributed by atoms with van der Waals surface area (Å²) in [5.74, 6) is -2.09. The molecule has 0 aromatic heterocycles. The van der Waals surface area contributed by atoms with Crippen LogP contribution < -0.4 is 11.1 Å². The predicted molar refractivity (Wildman–Crippen MR) is 65.0 cm³/mol. The molecule has 1 fully saturated rings. The molecule has 0 unspecified atom stereocenters. The molecular weight excluding hydrogens is 238 g/mol. The molecule has 1 aromatic rings. The van der Waals surface area contributed by atoms with Crippen molar-refractivity contribution in [2.75, 3.05) is 5.32 Å². The Bertz CT molecular complexity index is 436. The van der Waals surface area contributed by atoms with Crippen LogP contribution in [0.1, 0.15) is 32.1 Å². The third-order valence-electron chi connectivity index (χ3n) is 3.40. The summed E-state index contributed by atoms with van der Waals surface area (Å²) in [6.45, 7) is 0. The minimum absolute atomic E-state index is 0.419. The van der Waals surface area contributed by atoms with Gasteiger partial charge in [0.15, 0.2) is 0 Å². The number of nitrogens with two attached hydrogens (primary N) is 1. The van der Waals surface area contributed by atoms with Gasteiger partial charge < -0.3 is 11.1 Å². The van der Waals surface area contributed by atoms with Crippen LogP contribution in [0.4, 0.5) is 14.5 Å². The van der Waals surface area contributed by atoms with E-state index in [9.17, 15) is 13.6 Å². The summed E-state index contributed by atoms with van der Waals surface area (Å²) in [6.07, 6.45) is 3.87. The van der Waals surface area contributed by atoms with Crippen LogP contribution in [-0.2, 0) is 4.79 Å². The highest BCUT2D eigenvalue weighted by atomic mass is 19.1. The second kappa shape index (κ2) is 5.02. The van der Waals surface area contributed by atoms with Crippen molar-refractivity contribution in [3.8, 4) is 0 Å². The van der Waals surface area contributed by atoms with Crippen LogP contribution in [0.5, 0.6) is 0 Å². The summed E-state index contributed by atoms with van der Waals surface area (Å²) in [6, 6.07) is 3.45. The Kier molecular flexibility index (Phi) is 3.61. The second-order valence-corrected chi connectivity index (χ2v) is 4.77. The molecule has 0 atom stereocenters. The summed E-state index contributed by atoms with van der Waals surface area (Å²) >= 11 is 0. The molecule has 18 heavy (non-hydrogen) atoms. The Labute approximate surface area is 104 Å². The summed E-state index contributed by atoms with van der Waals surface area (Å²) in [4.78, 5) is 12.0. The fourth-order valence-electron chi connectivity index (χ4n) is 2.26. The SMILES string of the molecule is NC1(C(=O)Nc2c(F)cccc2F)CCCCC1. The highest BCUT2D eigenvalue weighted by Crippen LogP contribution is 2.28. The second-order valence-electron chi connectivity index (χ2n) is 4.77. The molecule has 1 saturated carbocycles. The van der Waals surface area contributed by atoms with E-state index in [4.69, 9.17) is 5.73 Å². The smallest absolute Gasteiger partial charge is 0.244 e. The third-order valence-corrected chi connectivity index (χ3v) is 3.40. The van der Waals surface area contributed by atoms with E-state index in [2.05, 4.69) is 5.32 Å². The van der Waals surface area contributed by atoms with Gasteiger partial charge in [0.2, 0.25) is 5.91 Å². The van der Waals surface area contributed by atoms with Crippen molar-refractivity contribution in [3.05, 3.63) is 29.8 Å². The van der Waals surface area contributed by atoms with Crippen LogP contribution >= 0.6 is 0 Å². The van der Waals surface area contributed by atoms with Crippen molar-refractivity contribution in [2.24, 2.45) is 5.73 Å². The normalized spacial score (nSPS) is 18.4. The van der Waals surface area contributed by atoms with Gasteiger partial charge in [-0.25, -0.2) is 8.78 Å². The number of hydrogen-bond donors (Lipinski definition) is 2. The number of amides is 1. The van der Waals surface area contributed by atoms with Crippen molar-refractivity contribution in [3.63, 3.8) is 0 Å². The number of anilines is 1. The van der Waals surface area contributed by atoms with Crippen LogP contribution in [0.3, 0.4) is 0 Å². The van der Waals surface area contributed by atoms with Gasteiger partial charge in [-0.15, -0.1) is 0 Å². The highest BCUT2D eigenvalue weighted by Gasteiger charge is 2.35. The Morgan fingerprint density at radius 3 is 2.28 bits per heavy atom. The van der Waals surface area contributed by atoms with Gasteiger partial charge in [0.05, 0.1) is 5.54 Å². The van der Waals surface area contributed by atoms with Crippen molar-refractivity contribution in [2.45, 2.75) is 37.6 Å². The fourth-order valence-corrected chi connectivity index (χ4v) is 2.26. The van der Waals surface area contributed by atoms with Crippen LogP contribution in [0, 0.1) is 11.6 Å². The fraction of sp³-hybridized carbons (Fsp3) is 0.462. The molecule has 1 aromatic carbocycles. The molecule has 1 aliphatic rings. The molecule has 0 bridgehead atoms. The van der Waals surface area contributed by atoms with E-state index in [1.165, 1.54) is 6.07 Å². The molecule has 0 radical (unpaired) electrons. The number of carbonyl (C=O) groups is 1. The van der Waals surface area contributed by atoms with Crippen LogP contribution in [0.2, 0.25) is 0 Å². The van der Waals surface area contributed by atoms with Gasteiger partial charge >= 0.3 is 0 Å². The summed E-state index contributed by atoms with van der Waals surface area (Å²) in [5.41, 5.74) is 4.57. The van der Waals surface area contributed by atoms with Gasteiger partial charge in [0.1, 0.15) is 17.3 Å². The van der Waals surface area contributed by atoms with Crippen molar-refractivity contribution in [1.29, 1.82) is 0 Å². The van der Waals surface area contributed by atoms with Gasteiger partial charge in [-0.05, 0) is 25.0 Å². The lowest BCUT2D eigenvalue weighted by atomic mass is 9.82. The van der Waals surface area contributed by atoms with E-state index < -0.39 is 28.8 Å². The molecule has 0 saturated heterocycles. The molecule has 0 spiro atoms. The zero-order valence-corrected chi connectivity index (χ0v) is 10.0. The molecule has 3 N–H and O–H groups in total. The first-order valence-corrected chi connectivity index (χ1v) is 6.07. The third kappa shape index (κ3) is 2.51. The van der Waals surface area contributed by atoms with Gasteiger partial charge in [-0.3, -0.25) is 4.79 Å². The molecule has 1 amide bonds. The average Bonchev–Trinajstić information content (AvgIpc) is 2.34. The monoisotopic (exact) mass is 254 g/mol. The van der Waals surface area contributed by atoms with Crippen molar-refractivity contribution in [1.82, 2.24) is 0 Å². The van der Waals surface area contributed by atoms with Crippen LogP contribution in [-0.4, -0.2) is 11.4 Å². The summed E-state index contributed by atoms with van der Waals surface area (Å²) in [5, 5.41) is 2.27. The van der Waals surface area contributed by atoms with E-state index in [0.29, 0.717) is 12.8 Å². The molecule has 98 valence electrons. The van der Waals surface area contributed by atoms with E-state index in [1.807, 2.05) is 0 Å². The number of para-hydroxylation sites is 1. The molecule has 0 aliphatic heterocycles. The predicted octanol–water partition coefficient (Wildman–Crippen LogP) is 2.56. The maximum absolute atomic E-state index is 13.4. The Balaban J connectivity index is 2.16. The molecule has 3 nitrogen and oxygen atoms in total. The van der Waals surface area contributed by atoms with Crippen LogP contribution in [0.15, 0.2) is 18.2 Å². The zero-order chi connectivity index (χ0) is 13.2. The summed E-state index contributed by atoms with van der Waals surface area (Å²) < 4.78 is 26.8. The van der Waals surface area contributed by atoms with E-state index in [1.54, 1.807) is 0 Å². The largest absolute Gasteiger partial charge is 0.320 e. The lowest BCUT2D eigenvalue weighted by Crippen LogP contribution is -2.52. The number of benzene rings is 1. The highest BCUT2D eigenvalue weighted by molar-refractivity contribution is 5.98. The molecular formula is C13H16F2N2O. The molecule has 5 heteroatoms. The first kappa shape index (κ1) is 13.0. The maximum Gasteiger partial charge on any atom is 0.244 e. The standard InChI is InChI=1S/C13H16F2N2O/c14-9-5-4-6-10(15)11(9)17-12(18)13(16)7-2-1-3-8-13/h4-6H,1-3,7-8,16H2,(H,17,18). The number of hydrogen-bond acceptors (Lipinski definition) is 2. The topological polar surface area (TPSA) is 55.1 Å². The zero-order valence-electron chi connectivity index (χ0n) is 10.0. The number of rotatable bonds is 2. The molecule has 1 aliphatic carbocycles. The first-order valence-electron chi connectivity index (χ1n) is 6.07. The van der Waals surface area contributed by atoms with E-state index >= 15 is 0 Å². The lowest BCUT2D eigenvalue weighted by Gasteiger charge is -2.31. The Morgan fingerprint density at radius 2 is 1.72 bits per heavy atom. The summed E-state index contributed by atoms with van der Waals surface area (Å²) in [7, 11) is 0. The van der Waals surface area contributed by atoms with Crippen LogP contribution in [0.25, 0.3) is 0 Å². The lowest BCUT2D eigenvalue weighted by molar-refractivity contribution is -0.122. The number of nitrogens with one attached hydrogen (secondary N) is 1. The Morgan fingerprint density at radius 1 is 1.17 bits per heavy atom. The average molecular weight is 254 g/mol. The van der Waals surface area contributed by atoms with Crippen molar-refractivity contribution >= 4 is 11.6 Å². The Hall–Kier alpha value is -1.49. The van der Waals surface area contributed by atoms with Gasteiger partial charge in [-0.1, -0.05) is 25.3 Å². The number of carbonyl (C=O) groups excluding carboxylic acids is 1. The van der Waals surface area contributed by atoms with Gasteiger partial charge in [-0.2, -0.15) is 0 Å². The van der Waals surface area contributed by atoms with Gasteiger partial charge in [0.25, 0.3) is 0 Å².